The standard InChI is InChI=1S/C14H24N2.C6H6.2C4H10N2O.BH4N7/c1-5-11(3)15-13-7-9-14(10-8-13)16-12(4)6-2;1-2-4-6-5-3-1;2*1-3-4(2)5-6-7;2-6-4-1-5-8-7-3/h7-12,15-16H,5-6H2,1-4H3;1-6H;2*4H,3H2,1-2H3,(H,5,7);(H2,2,4)(H2,3,8). The van der Waals surface area contributed by atoms with E-state index in [4.69, 9.17) is 0 Å². The summed E-state index contributed by atoms with van der Waals surface area (Å²) in [6, 6.07) is 22.1. The van der Waals surface area contributed by atoms with Gasteiger partial charge in [-0.1, -0.05) is 64.1 Å². The van der Waals surface area contributed by atoms with Crippen LogP contribution in [-0.2, 0) is 0 Å². The molecule has 0 aliphatic rings. The first kappa shape index (κ1) is 44.0. The average Bonchev–Trinajstić information content (AvgIpc) is 3.06. The molecule has 4 atom stereocenters. The van der Waals surface area contributed by atoms with Crippen molar-refractivity contribution in [1.29, 1.82) is 0 Å². The van der Waals surface area contributed by atoms with Gasteiger partial charge in [0.05, 0.1) is 0 Å². The third kappa shape index (κ3) is 33.7. The molecule has 8 N–H and O–H groups in total. The Kier molecular flexibility index (Phi) is 34.7. The number of nitrogens with two attached hydrogens (primary N) is 2. The molecule has 246 valence electrons. The SMILES string of the molecule is CCC(C)NN=O.CCC(C)NN=O.CCC(C)Nc1ccc(NC(C)CC)cc1.NN=NB=N/N=N/N.c1ccccc1. The van der Waals surface area contributed by atoms with Crippen LogP contribution >= 0.6 is 0 Å². The Labute approximate surface area is 263 Å². The van der Waals surface area contributed by atoms with E-state index in [1.807, 2.05) is 64.1 Å². The fourth-order valence-corrected chi connectivity index (χ4v) is 2.29. The predicted molar refractivity (Wildman–Crippen MR) is 183 cm³/mol. The molecule has 0 aliphatic heterocycles. The summed E-state index contributed by atoms with van der Waals surface area (Å²) < 4.78 is 0. The molecule has 4 unspecified atom stereocenters. The molecular formula is C28H54BN13O2. The van der Waals surface area contributed by atoms with Gasteiger partial charge in [0.1, 0.15) is 0 Å². The molecule has 0 aromatic heterocycles. The molecule has 0 fully saturated rings. The summed E-state index contributed by atoms with van der Waals surface area (Å²) in [7, 11) is 1.01. The van der Waals surface area contributed by atoms with Gasteiger partial charge in [-0.05, 0) is 77.6 Å². The Morgan fingerprint density at radius 2 is 0.955 bits per heavy atom. The number of anilines is 2. The van der Waals surface area contributed by atoms with Crippen molar-refractivity contribution in [3.05, 3.63) is 70.5 Å². The Balaban J connectivity index is -0.000000512. The first-order valence-electron chi connectivity index (χ1n) is 14.7. The molecule has 2 aromatic rings. The van der Waals surface area contributed by atoms with Gasteiger partial charge in [-0.25, -0.2) is 0 Å². The summed E-state index contributed by atoms with van der Waals surface area (Å²) in [4.78, 5) is 18.8. The maximum atomic E-state index is 9.41. The fraction of sp³-hybridized carbons (Fsp3) is 0.571. The maximum absolute atomic E-state index is 9.41. The number of hydrogen-bond acceptors (Lipinski definition) is 9. The van der Waals surface area contributed by atoms with Crippen LogP contribution in [0.3, 0.4) is 0 Å². The van der Waals surface area contributed by atoms with Crippen LogP contribution < -0.4 is 33.2 Å². The van der Waals surface area contributed by atoms with E-state index in [0.29, 0.717) is 12.1 Å². The van der Waals surface area contributed by atoms with Crippen molar-refractivity contribution in [2.45, 2.75) is 105 Å². The Bertz CT molecular complexity index is 880. The number of rotatable bonds is 14. The summed E-state index contributed by atoms with van der Waals surface area (Å²) in [5.74, 6) is 9.13. The molecule has 16 heteroatoms. The van der Waals surface area contributed by atoms with Crippen LogP contribution in [0.2, 0.25) is 0 Å². The Hall–Kier alpha value is -4.50. The van der Waals surface area contributed by atoms with Crippen molar-refractivity contribution in [2.75, 3.05) is 10.6 Å². The monoisotopic (exact) mass is 615 g/mol. The van der Waals surface area contributed by atoms with Gasteiger partial charge in [-0.15, -0.1) is 9.81 Å². The minimum Gasteiger partial charge on any atom is -0.0623 e. The number of nitrogens with one attached hydrogen (secondary N) is 4. The van der Waals surface area contributed by atoms with Crippen LogP contribution in [0, 0.1) is 9.81 Å². The van der Waals surface area contributed by atoms with Gasteiger partial charge < -0.3 is 10.6 Å². The summed E-state index contributed by atoms with van der Waals surface area (Å²) in [6.07, 6.45) is 4.16. The number of hydrogen-bond donors (Lipinski definition) is 6. The molecule has 44 heavy (non-hydrogen) atoms. The zero-order valence-electron chi connectivity index (χ0n) is 27.6. The van der Waals surface area contributed by atoms with Gasteiger partial charge in [0.25, 0.3) is 0 Å². The van der Waals surface area contributed by atoms with Gasteiger partial charge in [0, 0.05) is 46.1 Å². The van der Waals surface area contributed by atoms with Crippen molar-refractivity contribution in [3.63, 3.8) is 0 Å². The predicted octanol–water partition coefficient (Wildman–Crippen LogP) is 7.26. The largest absolute Gasteiger partial charge is 0.0623 e. The molecule has 0 bridgehead atoms. The second-order valence-corrected chi connectivity index (χ2v) is 9.37. The summed E-state index contributed by atoms with van der Waals surface area (Å²) in [6.45, 7) is 16.6. The number of nitrogens with zero attached hydrogens (tertiary/aromatic N) is 7. The van der Waals surface area contributed by atoms with E-state index in [0.717, 1.165) is 32.9 Å². The smallest absolute Gasteiger partial charge is 0.0623 e. The van der Waals surface area contributed by atoms with Crippen molar-refractivity contribution in [2.24, 2.45) is 48.0 Å². The van der Waals surface area contributed by atoms with Gasteiger partial charge in [-0.2, -0.15) is 0 Å². The van der Waals surface area contributed by atoms with E-state index in [1.165, 1.54) is 11.4 Å². The first-order chi connectivity index (χ1) is 21.2. The number of nitroso groups, excluding NO2 is 2. The van der Waals surface area contributed by atoms with E-state index in [9.17, 15) is 9.81 Å². The minimum absolute atomic E-state index is 0.220. The fourth-order valence-electron chi connectivity index (χ4n) is 2.29. The third-order valence-electron chi connectivity index (χ3n) is 5.65. The minimum atomic E-state index is 0.220. The zero-order chi connectivity index (χ0) is 33.8. The molecule has 2 aromatic carbocycles. The third-order valence-corrected chi connectivity index (χ3v) is 5.65. The van der Waals surface area contributed by atoms with Crippen molar-refractivity contribution in [3.8, 4) is 0 Å². The average molecular weight is 616 g/mol. The van der Waals surface area contributed by atoms with E-state index in [1.54, 1.807) is 0 Å². The molecule has 2 rings (SSSR count). The zero-order valence-corrected chi connectivity index (χ0v) is 27.6. The van der Waals surface area contributed by atoms with Crippen molar-refractivity contribution in [1.82, 2.24) is 10.9 Å². The van der Waals surface area contributed by atoms with Gasteiger partial charge in [0.2, 0.25) is 0 Å². The molecule has 0 saturated heterocycles. The first-order valence-corrected chi connectivity index (χ1v) is 14.7. The van der Waals surface area contributed by atoms with E-state index < -0.39 is 0 Å². The van der Waals surface area contributed by atoms with Crippen molar-refractivity contribution < 1.29 is 0 Å². The van der Waals surface area contributed by atoms with Crippen LogP contribution in [0.15, 0.2) is 96.9 Å². The summed E-state index contributed by atoms with van der Waals surface area (Å²) >= 11 is 0. The second kappa shape index (κ2) is 34.7. The molecule has 0 amide bonds. The molecule has 0 radical (unpaired) electrons. The van der Waals surface area contributed by atoms with Crippen molar-refractivity contribution >= 4 is 18.6 Å². The van der Waals surface area contributed by atoms with Crippen LogP contribution in [-0.4, -0.2) is 31.4 Å². The molecule has 15 nitrogen and oxygen atoms in total. The summed E-state index contributed by atoms with van der Waals surface area (Å²) in [5.41, 5.74) is 7.13. The van der Waals surface area contributed by atoms with E-state index >= 15 is 0 Å². The van der Waals surface area contributed by atoms with Crippen LogP contribution in [0.25, 0.3) is 0 Å². The molecule has 0 spiro atoms. The maximum Gasteiger partial charge on any atom is -0.0623 e. The molecule has 0 aliphatic carbocycles. The second-order valence-electron chi connectivity index (χ2n) is 9.37. The normalized spacial score (nSPS) is 12.5. The van der Waals surface area contributed by atoms with Gasteiger partial charge in [-0.3, -0.25) is 10.9 Å². The molecular weight excluding hydrogens is 561 g/mol. The van der Waals surface area contributed by atoms with Crippen LogP contribution in [0.4, 0.5) is 11.4 Å². The molecule has 0 saturated carbocycles. The topological polar surface area (TPSA) is 221 Å². The van der Waals surface area contributed by atoms with Crippen LogP contribution in [0.1, 0.15) is 81.1 Å². The van der Waals surface area contributed by atoms with E-state index in [2.05, 4.69) is 121 Å². The summed E-state index contributed by atoms with van der Waals surface area (Å²) in [5, 5.41) is 26.8. The van der Waals surface area contributed by atoms with E-state index in [-0.39, 0.29) is 12.1 Å². The van der Waals surface area contributed by atoms with Gasteiger partial charge in [0.15, 0.2) is 0 Å². The van der Waals surface area contributed by atoms with Crippen LogP contribution in [0.5, 0.6) is 0 Å². The Morgan fingerprint density at radius 3 is 1.18 bits per heavy atom. The number of benzene rings is 2. The van der Waals surface area contributed by atoms with Gasteiger partial charge >= 0.3 is 44.6 Å². The Morgan fingerprint density at radius 1 is 0.614 bits per heavy atom. The quantitative estimate of drug-likeness (QED) is 0.0416. The molecule has 0 heterocycles.